The molecule has 0 fully saturated rings. The fourth-order valence-corrected chi connectivity index (χ4v) is 0. The minimum Gasteiger partial charge on any atom is -0.356 e. The fraction of sp³-hybridized carbons (Fsp3) is 0. The normalized spacial score (nSPS) is 4.80. The Bertz CT molecular complexity index is 29.9. The van der Waals surface area contributed by atoms with Crippen LogP contribution in [-0.2, 0) is 0 Å². The van der Waals surface area contributed by atoms with E-state index < -0.39 is 5.09 Å². The van der Waals surface area contributed by atoms with Gasteiger partial charge in [-0.05, 0) is 0 Å². The van der Waals surface area contributed by atoms with Crippen LogP contribution in [0.25, 0.3) is 0 Å². The zero-order valence-corrected chi connectivity index (χ0v) is 3.79. The van der Waals surface area contributed by atoms with Gasteiger partial charge in [0.05, 0.1) is 5.09 Å². The van der Waals surface area contributed by atoms with Crippen molar-refractivity contribution < 1.29 is 5.09 Å². The van der Waals surface area contributed by atoms with Gasteiger partial charge < -0.3 is 15.3 Å². The van der Waals surface area contributed by atoms with Crippen molar-refractivity contribution in [3.8, 4) is 0 Å². The van der Waals surface area contributed by atoms with Crippen LogP contribution in [-0.4, -0.2) is 28.1 Å². The first-order valence-electron chi connectivity index (χ1n) is 0.548. The molecule has 0 saturated heterocycles. The highest BCUT2D eigenvalue weighted by Crippen LogP contribution is 1.44. The van der Waals surface area contributed by atoms with E-state index in [1.54, 1.807) is 0 Å². The molecule has 0 aliphatic rings. The summed E-state index contributed by atoms with van der Waals surface area (Å²) in [6.07, 6.45) is 0. The highest BCUT2D eigenvalue weighted by Gasteiger charge is 1.45. The molecule has 0 heterocycles. The van der Waals surface area contributed by atoms with Gasteiger partial charge in [0.2, 0.25) is 0 Å². The van der Waals surface area contributed by atoms with E-state index in [4.69, 9.17) is 15.3 Å². The third kappa shape index (κ3) is 13400. The Morgan fingerprint density at radius 2 is 1.40 bits per heavy atom. The molecule has 0 rings (SSSR count). The molecule has 5 heavy (non-hydrogen) atoms. The van der Waals surface area contributed by atoms with E-state index >= 15 is 0 Å². The van der Waals surface area contributed by atoms with Crippen LogP contribution >= 0.6 is 0 Å². The van der Waals surface area contributed by atoms with Crippen LogP contribution in [0.5, 0.6) is 0 Å². The molecule has 5 heteroatoms. The molecule has 0 atom stereocenters. The first-order chi connectivity index (χ1) is 1.73. The first kappa shape index (κ1) is 8.88. The lowest BCUT2D eigenvalue weighted by Gasteiger charge is -1.74. The van der Waals surface area contributed by atoms with Crippen molar-refractivity contribution in [2.45, 2.75) is 0 Å². The van der Waals surface area contributed by atoms with Crippen molar-refractivity contribution in [2.75, 3.05) is 0 Å². The van der Waals surface area contributed by atoms with E-state index in [2.05, 4.69) is 0 Å². The van der Waals surface area contributed by atoms with Crippen LogP contribution in [0.1, 0.15) is 0 Å². The molecule has 0 amide bonds. The molecule has 0 aromatic heterocycles. The molecule has 0 unspecified atom stereocenters. The first-order valence-corrected chi connectivity index (χ1v) is 0.548. The van der Waals surface area contributed by atoms with E-state index in [0.29, 0.717) is 0 Å². The zero-order chi connectivity index (χ0) is 3.58. The van der Waals surface area contributed by atoms with Crippen molar-refractivity contribution in [3.05, 3.63) is 15.3 Å². The second-order valence-corrected chi connectivity index (χ2v) is 0.224. The predicted molar refractivity (Wildman–Crippen MR) is 16.1 cm³/mol. The summed E-state index contributed by atoms with van der Waals surface area (Å²) < 4.78 is 0. The van der Waals surface area contributed by atoms with Gasteiger partial charge in [0.1, 0.15) is 0 Å². The molecule has 0 aromatic carbocycles. The Balaban J connectivity index is 0. The Morgan fingerprint density at radius 3 is 1.40 bits per heavy atom. The van der Waals surface area contributed by atoms with Gasteiger partial charge in [0.15, 0.2) is 0 Å². The summed E-state index contributed by atoms with van der Waals surface area (Å²) in [5, 5.41) is 14.8. The Hall–Kier alpha value is -0.0338. The topological polar surface area (TPSA) is 66.2 Å². The average Bonchev–Trinajstić information content (AvgIpc) is 0.811. The number of hydrogen-bond donors (Lipinski definition) is 0. The number of rotatable bonds is 0. The largest absolute Gasteiger partial charge is 0.356 e. The predicted octanol–water partition coefficient (Wildman–Crippen LogP) is -0.620. The van der Waals surface area contributed by atoms with Crippen molar-refractivity contribution in [1.29, 1.82) is 0 Å². The molecule has 0 aliphatic carbocycles. The third-order valence-corrected chi connectivity index (χ3v) is 0. The summed E-state index contributed by atoms with van der Waals surface area (Å²) in [7, 11) is 0. The summed E-state index contributed by atoms with van der Waals surface area (Å²) >= 11 is 0. The Labute approximate surface area is 44.0 Å². The van der Waals surface area contributed by atoms with E-state index in [1.165, 1.54) is 0 Å². The standard InChI is InChI=1S/Mg.NO3/c;2-1(3)4/q;-1. The summed E-state index contributed by atoms with van der Waals surface area (Å²) in [6, 6.07) is 0. The summed E-state index contributed by atoms with van der Waals surface area (Å²) in [4.78, 5) is 8.25. The lowest BCUT2D eigenvalue weighted by molar-refractivity contribution is -0.402. The summed E-state index contributed by atoms with van der Waals surface area (Å²) in [5.41, 5.74) is 0. The molecule has 0 spiro atoms. The lowest BCUT2D eigenvalue weighted by atomic mass is 13.1. The molecule has 26 valence electrons. The monoisotopic (exact) mass is 86.0 g/mol. The second-order valence-electron chi connectivity index (χ2n) is 0.224. The zero-order valence-electron chi connectivity index (χ0n) is 2.38. The van der Waals surface area contributed by atoms with Crippen LogP contribution in [0.3, 0.4) is 0 Å². The van der Waals surface area contributed by atoms with Gasteiger partial charge in [-0.3, -0.25) is 0 Å². The molecule has 0 aliphatic heterocycles. The van der Waals surface area contributed by atoms with Crippen molar-refractivity contribution in [1.82, 2.24) is 0 Å². The highest BCUT2D eigenvalue weighted by molar-refractivity contribution is 5.75. The molecule has 0 aromatic rings. The minimum atomic E-state index is -1.75. The number of hydrogen-bond acceptors (Lipinski definition) is 3. The van der Waals surface area contributed by atoms with Crippen molar-refractivity contribution in [3.63, 3.8) is 0 Å². The smallest absolute Gasteiger partial charge is 0.0689 e. The molecular formula is MgNO3-. The number of nitrogens with zero attached hydrogens (tertiary/aromatic N) is 1. The molecule has 4 nitrogen and oxygen atoms in total. The van der Waals surface area contributed by atoms with E-state index in [-0.39, 0.29) is 23.1 Å². The van der Waals surface area contributed by atoms with Crippen LogP contribution in [0.15, 0.2) is 0 Å². The van der Waals surface area contributed by atoms with Crippen LogP contribution in [0, 0.1) is 15.3 Å². The van der Waals surface area contributed by atoms with Crippen molar-refractivity contribution in [2.24, 2.45) is 0 Å². The molecule has 0 N–H and O–H groups in total. The van der Waals surface area contributed by atoms with E-state index in [1.807, 2.05) is 0 Å². The van der Waals surface area contributed by atoms with Crippen LogP contribution < -0.4 is 0 Å². The van der Waals surface area contributed by atoms with Gasteiger partial charge in [0.25, 0.3) is 0 Å². The molecule has 0 saturated carbocycles. The highest BCUT2D eigenvalue weighted by atomic mass is 24.3. The maximum Gasteiger partial charge on any atom is 0.0689 e. The fourth-order valence-electron chi connectivity index (χ4n) is 0. The third-order valence-electron chi connectivity index (χ3n) is 0. The Morgan fingerprint density at radius 1 is 1.40 bits per heavy atom. The minimum absolute atomic E-state index is 0. The maximum atomic E-state index is 8.25. The average molecular weight is 86.3 g/mol. The quantitative estimate of drug-likeness (QED) is 0.224. The van der Waals surface area contributed by atoms with E-state index in [9.17, 15) is 0 Å². The van der Waals surface area contributed by atoms with E-state index in [0.717, 1.165) is 0 Å². The van der Waals surface area contributed by atoms with Gasteiger partial charge in [-0.15, -0.1) is 0 Å². The van der Waals surface area contributed by atoms with Crippen LogP contribution in [0.4, 0.5) is 0 Å². The molecular weight excluding hydrogens is 86.3 g/mol. The summed E-state index contributed by atoms with van der Waals surface area (Å²) in [6.45, 7) is 0. The Kier molecular flexibility index (Phi) is 7.04. The SMILES string of the molecule is O=[N+]([O-])[O-].[Mg]. The molecule has 0 bridgehead atoms. The van der Waals surface area contributed by atoms with Gasteiger partial charge >= 0.3 is 0 Å². The molecule has 2 radical (unpaired) electrons. The van der Waals surface area contributed by atoms with Crippen LogP contribution in [0.2, 0.25) is 0 Å². The lowest BCUT2D eigenvalue weighted by Crippen LogP contribution is -1.74. The van der Waals surface area contributed by atoms with Gasteiger partial charge in [0, 0.05) is 23.1 Å². The summed E-state index contributed by atoms with van der Waals surface area (Å²) in [5.74, 6) is 0. The van der Waals surface area contributed by atoms with Gasteiger partial charge in [-0.1, -0.05) is 0 Å². The maximum absolute atomic E-state index is 8.25. The van der Waals surface area contributed by atoms with Gasteiger partial charge in [-0.2, -0.15) is 0 Å². The van der Waals surface area contributed by atoms with Gasteiger partial charge in [-0.25, -0.2) is 0 Å². The second kappa shape index (κ2) is 3.97. The van der Waals surface area contributed by atoms with Crippen molar-refractivity contribution >= 4 is 23.1 Å².